The third-order valence-electron chi connectivity index (χ3n) is 17.1. The Labute approximate surface area is 908 Å². The molecule has 716 valence electrons. The number of carbonyl (C=O) groups excluding carboxylic acids is 12. The molecule has 0 saturated carbocycles. The summed E-state index contributed by atoms with van der Waals surface area (Å²) in [4.78, 5) is 187. The van der Waals surface area contributed by atoms with Gasteiger partial charge in [-0.1, -0.05) is 0 Å². The van der Waals surface area contributed by atoms with Crippen LogP contribution in [0.25, 0.3) is 91.1 Å². The third-order valence-corrected chi connectivity index (χ3v) is 25.5. The molecule has 0 atom stereocenters. The van der Waals surface area contributed by atoms with Crippen LogP contribution in [0.3, 0.4) is 0 Å². The number of nitrogens with zero attached hydrogens (tertiary/aromatic N) is 24. The molecule has 0 amide bonds. The van der Waals surface area contributed by atoms with E-state index in [1.54, 1.807) is 64.8 Å². The molecule has 0 aromatic carbocycles. The van der Waals surface area contributed by atoms with E-state index in [0.29, 0.717) is 141 Å². The van der Waals surface area contributed by atoms with E-state index in [-0.39, 0.29) is 231 Å². The van der Waals surface area contributed by atoms with Crippen molar-refractivity contribution in [3.8, 4) is 156 Å². The summed E-state index contributed by atoms with van der Waals surface area (Å²) < 4.78 is 0. The van der Waals surface area contributed by atoms with Crippen LogP contribution in [0.5, 0.6) is 0 Å². The summed E-state index contributed by atoms with van der Waals surface area (Å²) in [7, 11) is 0. The Balaban J connectivity index is 0.000000297. The summed E-state index contributed by atoms with van der Waals surface area (Å²) in [5.41, 5.74) is -8.51. The number of pyridine rings is 12. The van der Waals surface area contributed by atoms with Gasteiger partial charge in [-0.15, -0.1) is 0 Å². The van der Waals surface area contributed by atoms with Crippen molar-refractivity contribution < 1.29 is 177 Å². The molecule has 0 fully saturated rings. The summed E-state index contributed by atoms with van der Waals surface area (Å²) in [6.07, 6.45) is 4.53. The van der Waals surface area contributed by atoms with Gasteiger partial charge in [-0.2, -0.15) is 63.1 Å². The number of carboxylic acids is 12. The first kappa shape index (κ1) is 119. The fourth-order valence-electron chi connectivity index (χ4n) is 11.5. The molecule has 0 N–H and O–H groups in total. The van der Waals surface area contributed by atoms with Gasteiger partial charge in [0.15, 0.2) is 0 Å². The topological polar surface area (TPSA) is 922 Å². The van der Waals surface area contributed by atoms with Crippen molar-refractivity contribution in [1.29, 1.82) is 63.1 Å². The second kappa shape index (κ2) is 55.9. The van der Waals surface area contributed by atoms with E-state index in [4.69, 9.17) is 42.1 Å². The van der Waals surface area contributed by atoms with Gasteiger partial charge in [0, 0.05) is 139 Å². The summed E-state index contributed by atoms with van der Waals surface area (Å²) in [6.45, 7) is 0. The Morgan fingerprint density at radius 2 is 0.327 bits per heavy atom. The van der Waals surface area contributed by atoms with Crippen LogP contribution in [-0.2, 0) is 58.4 Å². The largest absolute Gasteiger partial charge is 4.00 e. The van der Waals surface area contributed by atoms with E-state index >= 15 is 0 Å². The number of carboxylic acid groups (broad SMARTS) is 12. The molecular weight excluding hydrogens is 2420 g/mol. The number of carbonyl (C=O) groups is 12. The Bertz CT molecular complexity index is 7180. The molecule has 0 saturated heterocycles. The fraction of sp³-hybridized carbons (Fsp3) is 0. The van der Waals surface area contributed by atoms with Crippen molar-refractivity contribution in [2.45, 2.75) is 59.3 Å². The monoisotopic (exact) mass is 2440 g/mol. The van der Waals surface area contributed by atoms with E-state index < -0.39 is 116 Å². The molecule has 48 nitrogen and oxygen atoms in total. The van der Waals surface area contributed by atoms with Crippen molar-refractivity contribution in [1.82, 2.24) is 59.8 Å². The Morgan fingerprint density at radius 1 is 0.184 bits per heavy atom. The Hall–Kier alpha value is -16.6. The Kier molecular flexibility index (Phi) is 45.3. The minimum atomic E-state index is -1.78. The molecule has 0 bridgehead atoms. The maximum Gasteiger partial charge on any atom is 4.00 e. The first-order valence-electron chi connectivity index (χ1n) is 36.4. The maximum atomic E-state index is 12.0. The number of aromatic nitrogens is 12. The Morgan fingerprint density at radius 3 is 0.469 bits per heavy atom. The zero-order chi connectivity index (χ0) is 106. The summed E-state index contributed by atoms with van der Waals surface area (Å²) in [6, 6.07) is 17.0. The summed E-state index contributed by atoms with van der Waals surface area (Å²) in [5.74, 6) is -19.9. The van der Waals surface area contributed by atoms with E-state index in [1.165, 1.54) is 0 Å². The zero-order valence-electron chi connectivity index (χ0n) is 70.0. The average Bonchev–Trinajstić information content (AvgIpc) is 0.772. The zero-order valence-corrected chi connectivity index (χ0v) is 85.0. The molecular formula is C84H20N24O24Ru3S12. The summed E-state index contributed by atoms with van der Waals surface area (Å²) >= 11 is 4.61. The summed E-state index contributed by atoms with van der Waals surface area (Å²) in [5, 5.41) is 270. The minimum Gasteiger partial charge on any atom is -0.545 e. The number of hydrogen-bond acceptors (Lipinski definition) is 60. The first-order chi connectivity index (χ1) is 68.8. The molecule has 0 unspecified atom stereocenters. The molecule has 0 aliphatic heterocycles. The molecule has 12 heterocycles. The number of aromatic carboxylic acids is 12. The number of rotatable bonds is 32. The van der Waals surface area contributed by atoms with Crippen LogP contribution in [-0.4, -0.2) is 131 Å². The molecule has 12 rings (SSSR count). The van der Waals surface area contributed by atoms with Crippen molar-refractivity contribution >= 4 is 213 Å². The van der Waals surface area contributed by atoms with Gasteiger partial charge in [0.25, 0.3) is 0 Å². The third kappa shape index (κ3) is 29.4. The number of thiocyanates is 12. The smallest absolute Gasteiger partial charge is 0.545 e. The fourth-order valence-corrected chi connectivity index (χ4v) is 19.0. The average molecular weight is 2440 g/mol. The van der Waals surface area contributed by atoms with Crippen molar-refractivity contribution in [3.63, 3.8) is 0 Å². The SMILES string of the molecule is N#CSc1nc(-c2cc(C(=O)[O-])cc(-c3cc(C(=O)[O-])ccn3)n2)c(SC#N)c(C(=O)[O-])c1SC#N.N#CSc1nc(-c2cc(C(=O)[O-])cc(-c3cc(C(=O)[O-])ccn3)n2)c(SC#N)c(C(=O)[O-])c1SC#N.N#CSc1nc(-c2cc(C(=O)[O-])cc(-c3cc(C(=O)[O-])ccn3)n2)c(SC#N)c(C(=O)[O-])c1SC#N.N#CSc1nc(-c2cc(C(=O)[O-])cc(-c3cc(C(=O)[O-])ccn3)n2)c(SC#N)c(C(=O)[O-])c1SC#N.[Ru+4].[Ru+4].[Ru+4]. The van der Waals surface area contributed by atoms with Crippen LogP contribution < -0.4 is 61.3 Å². The van der Waals surface area contributed by atoms with Crippen LogP contribution in [0.15, 0.2) is 181 Å². The van der Waals surface area contributed by atoms with E-state index in [1.807, 2.05) is 0 Å². The van der Waals surface area contributed by atoms with Crippen LogP contribution >= 0.6 is 141 Å². The number of thioether (sulfide) groups is 12. The first-order valence-corrected chi connectivity index (χ1v) is 46.2. The van der Waals surface area contributed by atoms with Crippen LogP contribution in [0.1, 0.15) is 124 Å². The number of hydrogen-bond donors (Lipinski definition) is 0. The second-order valence-corrected chi connectivity index (χ2v) is 34.6. The van der Waals surface area contributed by atoms with E-state index in [2.05, 4.69) is 59.8 Å². The van der Waals surface area contributed by atoms with Gasteiger partial charge in [-0.25, -0.2) is 39.9 Å². The number of nitriles is 12. The predicted octanol–water partition coefficient (Wildman–Crippen LogP) is 0.0551. The predicted molar refractivity (Wildman–Crippen MR) is 472 cm³/mol. The van der Waals surface area contributed by atoms with Crippen LogP contribution in [0, 0.1) is 128 Å². The molecule has 0 aliphatic carbocycles. The quantitative estimate of drug-likeness (QED) is 0.0305. The van der Waals surface area contributed by atoms with Gasteiger partial charge >= 0.3 is 58.4 Å². The van der Waals surface area contributed by atoms with Crippen molar-refractivity contribution in [2.75, 3.05) is 0 Å². The van der Waals surface area contributed by atoms with E-state index in [9.17, 15) is 140 Å². The van der Waals surface area contributed by atoms with Crippen LogP contribution in [0.4, 0.5) is 0 Å². The van der Waals surface area contributed by atoms with Crippen LogP contribution in [0.2, 0.25) is 0 Å². The molecule has 0 aliphatic rings. The van der Waals surface area contributed by atoms with Gasteiger partial charge in [-0.3, -0.25) is 19.9 Å². The minimum absolute atomic E-state index is 0. The standard InChI is InChI=1S/4C21H8N6O6S3.3Ru/c4*22-6-34-16-14(21(32)33)17(35-7-23)18(36-8-24)27-15(16)13-5-10(20(30)31)4-12(26-13)11-3-9(19(28)29)1-2-25-11;;;/h4*1-5H,(H,28,29)(H,30,31)(H,32,33);;;/q;;;;3*+4/p-12. The van der Waals surface area contributed by atoms with E-state index in [0.717, 1.165) is 122 Å². The van der Waals surface area contributed by atoms with Gasteiger partial charge < -0.3 is 119 Å². The maximum absolute atomic E-state index is 12.0. The molecule has 0 spiro atoms. The van der Waals surface area contributed by atoms with Gasteiger partial charge in [0.05, 0.1) is 179 Å². The van der Waals surface area contributed by atoms with Crippen molar-refractivity contribution in [2.24, 2.45) is 0 Å². The molecule has 0 radical (unpaired) electrons. The van der Waals surface area contributed by atoms with Gasteiger partial charge in [-0.05, 0) is 191 Å². The molecule has 12 aromatic rings. The normalized spacial score (nSPS) is 9.82. The van der Waals surface area contributed by atoms with Gasteiger partial charge in [0.2, 0.25) is 0 Å². The van der Waals surface area contributed by atoms with Gasteiger partial charge in [0.1, 0.15) is 108 Å². The van der Waals surface area contributed by atoms with Crippen molar-refractivity contribution in [3.05, 3.63) is 189 Å². The molecule has 63 heteroatoms. The molecule has 12 aromatic heterocycles. The molecule has 147 heavy (non-hydrogen) atoms. The second-order valence-electron chi connectivity index (χ2n) is 25.2.